The Balaban J connectivity index is 1.98. The first kappa shape index (κ1) is 21.4. The van der Waals surface area contributed by atoms with Crippen LogP contribution in [0.5, 0.6) is 11.5 Å². The summed E-state index contributed by atoms with van der Waals surface area (Å²) in [6.07, 6.45) is 0. The quantitative estimate of drug-likeness (QED) is 0.536. The van der Waals surface area contributed by atoms with Gasteiger partial charge in [-0.25, -0.2) is 4.39 Å². The van der Waals surface area contributed by atoms with Crippen LogP contribution < -0.4 is 14.8 Å². The first-order chi connectivity index (χ1) is 13.1. The van der Waals surface area contributed by atoms with E-state index in [0.717, 1.165) is 11.1 Å². The van der Waals surface area contributed by atoms with Gasteiger partial charge in [-0.05, 0) is 42.3 Å². The van der Waals surface area contributed by atoms with Crippen molar-refractivity contribution in [2.45, 2.75) is 20.1 Å². The predicted molar refractivity (Wildman–Crippen MR) is 103 cm³/mol. The van der Waals surface area contributed by atoms with Gasteiger partial charge in [0.2, 0.25) is 0 Å². The monoisotopic (exact) mass is 397 g/mol. The fourth-order valence-electron chi connectivity index (χ4n) is 2.41. The van der Waals surface area contributed by atoms with E-state index in [9.17, 15) is 4.39 Å². The number of aliphatic hydroxyl groups is 1. The molecule has 0 fully saturated rings. The van der Waals surface area contributed by atoms with Crippen LogP contribution in [0.2, 0.25) is 5.02 Å². The molecule has 0 amide bonds. The van der Waals surface area contributed by atoms with Gasteiger partial charge in [0, 0.05) is 13.1 Å². The van der Waals surface area contributed by atoms with Gasteiger partial charge in [0.25, 0.3) is 0 Å². The highest BCUT2D eigenvalue weighted by molar-refractivity contribution is 6.32. The molecular weight excluding hydrogens is 373 g/mol. The van der Waals surface area contributed by atoms with E-state index >= 15 is 0 Å². The molecule has 0 bridgehead atoms. The lowest BCUT2D eigenvalue weighted by molar-refractivity contribution is 0.0938. The highest BCUT2D eigenvalue weighted by Gasteiger charge is 2.13. The second-order valence-corrected chi connectivity index (χ2v) is 6.17. The van der Waals surface area contributed by atoms with Crippen molar-refractivity contribution < 1.29 is 23.7 Å². The first-order valence-corrected chi connectivity index (χ1v) is 9.23. The maximum absolute atomic E-state index is 13.0. The standard InChI is InChI=1S/C20H25ClFNO4/c1-2-26-19-12-16(13-23-7-9-25-10-8-24)11-18(21)20(19)27-14-15-3-5-17(22)6-4-15/h3-6,11-12,23-24H,2,7-10,13-14H2,1H3. The van der Waals surface area contributed by atoms with Crippen LogP contribution in [0.1, 0.15) is 18.1 Å². The van der Waals surface area contributed by atoms with Crippen molar-refractivity contribution in [1.29, 1.82) is 0 Å². The van der Waals surface area contributed by atoms with E-state index in [4.69, 9.17) is 30.9 Å². The van der Waals surface area contributed by atoms with E-state index < -0.39 is 0 Å². The lowest BCUT2D eigenvalue weighted by Gasteiger charge is -2.16. The smallest absolute Gasteiger partial charge is 0.180 e. The van der Waals surface area contributed by atoms with Crippen LogP contribution in [0.25, 0.3) is 0 Å². The van der Waals surface area contributed by atoms with Crippen LogP contribution in [-0.2, 0) is 17.9 Å². The van der Waals surface area contributed by atoms with E-state index in [1.807, 2.05) is 19.1 Å². The molecule has 0 saturated carbocycles. The number of rotatable bonds is 12. The largest absolute Gasteiger partial charge is 0.490 e. The molecule has 2 aromatic rings. The SMILES string of the molecule is CCOc1cc(CNCCOCCO)cc(Cl)c1OCc1ccc(F)cc1. The Kier molecular flexibility index (Phi) is 9.35. The van der Waals surface area contributed by atoms with Crippen molar-refractivity contribution in [3.05, 3.63) is 58.4 Å². The lowest BCUT2D eigenvalue weighted by atomic mass is 10.2. The molecule has 7 heteroatoms. The fourth-order valence-corrected chi connectivity index (χ4v) is 2.69. The van der Waals surface area contributed by atoms with Crippen molar-refractivity contribution in [2.24, 2.45) is 0 Å². The molecule has 2 aromatic carbocycles. The van der Waals surface area contributed by atoms with Gasteiger partial charge in [-0.15, -0.1) is 0 Å². The fraction of sp³-hybridized carbons (Fsp3) is 0.400. The second kappa shape index (κ2) is 11.8. The van der Waals surface area contributed by atoms with Crippen LogP contribution in [0.3, 0.4) is 0 Å². The predicted octanol–water partition coefficient (Wildman–Crippen LogP) is 3.56. The average molecular weight is 398 g/mol. The van der Waals surface area contributed by atoms with Gasteiger partial charge >= 0.3 is 0 Å². The molecule has 0 aliphatic heterocycles. The zero-order chi connectivity index (χ0) is 19.5. The second-order valence-electron chi connectivity index (χ2n) is 5.77. The number of ether oxygens (including phenoxy) is 3. The molecule has 0 aliphatic carbocycles. The van der Waals surface area contributed by atoms with Gasteiger partial charge in [-0.1, -0.05) is 23.7 Å². The van der Waals surface area contributed by atoms with Crippen molar-refractivity contribution in [3.8, 4) is 11.5 Å². The summed E-state index contributed by atoms with van der Waals surface area (Å²) in [6.45, 7) is 4.77. The van der Waals surface area contributed by atoms with Crippen LogP contribution in [0, 0.1) is 5.82 Å². The number of nitrogens with one attached hydrogen (secondary N) is 1. The summed E-state index contributed by atoms with van der Waals surface area (Å²) >= 11 is 6.40. The van der Waals surface area contributed by atoms with Crippen LogP contribution in [-0.4, -0.2) is 38.1 Å². The maximum Gasteiger partial charge on any atom is 0.180 e. The number of hydrogen-bond acceptors (Lipinski definition) is 5. The Hall–Kier alpha value is -1.86. The Labute approximate surface area is 164 Å². The summed E-state index contributed by atoms with van der Waals surface area (Å²) < 4.78 is 29.7. The van der Waals surface area contributed by atoms with E-state index in [-0.39, 0.29) is 19.0 Å². The van der Waals surface area contributed by atoms with Crippen molar-refractivity contribution in [1.82, 2.24) is 5.32 Å². The lowest BCUT2D eigenvalue weighted by Crippen LogP contribution is -2.20. The molecule has 27 heavy (non-hydrogen) atoms. The van der Waals surface area contributed by atoms with E-state index in [1.54, 1.807) is 12.1 Å². The van der Waals surface area contributed by atoms with E-state index in [1.165, 1.54) is 12.1 Å². The summed E-state index contributed by atoms with van der Waals surface area (Å²) in [5.74, 6) is 0.753. The highest BCUT2D eigenvalue weighted by Crippen LogP contribution is 2.37. The van der Waals surface area contributed by atoms with E-state index in [0.29, 0.717) is 49.4 Å². The molecule has 0 radical (unpaired) electrons. The number of benzene rings is 2. The molecule has 2 rings (SSSR count). The van der Waals surface area contributed by atoms with Gasteiger partial charge in [0.1, 0.15) is 12.4 Å². The van der Waals surface area contributed by atoms with Crippen LogP contribution in [0.4, 0.5) is 4.39 Å². The summed E-state index contributed by atoms with van der Waals surface area (Å²) in [6, 6.07) is 9.83. The number of aliphatic hydroxyl groups excluding tert-OH is 1. The summed E-state index contributed by atoms with van der Waals surface area (Å²) in [7, 11) is 0. The third kappa shape index (κ3) is 7.34. The van der Waals surface area contributed by atoms with Crippen molar-refractivity contribution in [2.75, 3.05) is 33.0 Å². The molecule has 2 N–H and O–H groups in total. The Bertz CT molecular complexity index is 697. The van der Waals surface area contributed by atoms with Gasteiger partial charge < -0.3 is 24.6 Å². The minimum atomic E-state index is -0.287. The third-order valence-corrected chi connectivity index (χ3v) is 3.93. The maximum atomic E-state index is 13.0. The van der Waals surface area contributed by atoms with Gasteiger partial charge in [0.15, 0.2) is 11.5 Å². The van der Waals surface area contributed by atoms with Gasteiger partial charge in [0.05, 0.1) is 31.5 Å². The zero-order valence-corrected chi connectivity index (χ0v) is 16.1. The van der Waals surface area contributed by atoms with Gasteiger partial charge in [-0.2, -0.15) is 0 Å². The Morgan fingerprint density at radius 3 is 2.56 bits per heavy atom. The Morgan fingerprint density at radius 1 is 1.07 bits per heavy atom. The van der Waals surface area contributed by atoms with E-state index in [2.05, 4.69) is 5.32 Å². The van der Waals surface area contributed by atoms with Crippen molar-refractivity contribution in [3.63, 3.8) is 0 Å². The van der Waals surface area contributed by atoms with Crippen LogP contribution >= 0.6 is 11.6 Å². The molecule has 0 spiro atoms. The molecule has 0 unspecified atom stereocenters. The summed E-state index contributed by atoms with van der Waals surface area (Å²) in [5, 5.41) is 12.4. The number of halogens is 2. The minimum absolute atomic E-state index is 0.0205. The molecule has 148 valence electrons. The topological polar surface area (TPSA) is 60.0 Å². The summed E-state index contributed by atoms with van der Waals surface area (Å²) in [4.78, 5) is 0. The Morgan fingerprint density at radius 2 is 1.85 bits per heavy atom. The third-order valence-electron chi connectivity index (χ3n) is 3.65. The van der Waals surface area contributed by atoms with Crippen LogP contribution in [0.15, 0.2) is 36.4 Å². The highest BCUT2D eigenvalue weighted by atomic mass is 35.5. The first-order valence-electron chi connectivity index (χ1n) is 8.85. The number of hydrogen-bond donors (Lipinski definition) is 2. The normalized spacial score (nSPS) is 10.8. The molecule has 0 saturated heterocycles. The molecule has 0 aliphatic rings. The molecule has 0 heterocycles. The average Bonchev–Trinajstić information content (AvgIpc) is 2.65. The molecule has 0 aromatic heterocycles. The minimum Gasteiger partial charge on any atom is -0.490 e. The molecule has 5 nitrogen and oxygen atoms in total. The molecule has 0 atom stereocenters. The van der Waals surface area contributed by atoms with Crippen molar-refractivity contribution >= 4 is 11.6 Å². The van der Waals surface area contributed by atoms with Gasteiger partial charge in [-0.3, -0.25) is 0 Å². The zero-order valence-electron chi connectivity index (χ0n) is 15.3. The molecular formula is C20H25ClFNO4. The summed E-state index contributed by atoms with van der Waals surface area (Å²) in [5.41, 5.74) is 1.79.